The van der Waals surface area contributed by atoms with Crippen LogP contribution in [-0.2, 0) is 14.8 Å². The number of anilines is 2. The number of aryl methyl sites for hydroxylation is 2. The maximum Gasteiger partial charge on any atom is 0.264 e. The standard InChI is InChI=1S/C46H57N5O4S2/c1-35-12-14-37(15-13-35)44-11-7-6-8-39(44)33-50-24-26-51(27-25-50)41-18-16-38(17-19-41)46(52)48-57(53,54)43-20-21-45(36(2)32-43)47-40(22-23-49-28-30-55-31-29-49)34-56-42-9-4-3-5-10-42/h4,8-21,32,40,47H,3,5-7,22-31,33-34H2,1-2H3,(H,48,52)/t40-/m1/s1. The molecule has 0 saturated carbocycles. The predicted octanol–water partition coefficient (Wildman–Crippen LogP) is 7.82. The molecule has 2 fully saturated rings. The van der Waals surface area contributed by atoms with Crippen LogP contribution < -0.4 is 14.9 Å². The maximum absolute atomic E-state index is 13.5. The van der Waals surface area contributed by atoms with Gasteiger partial charge in [-0.15, -0.1) is 11.8 Å². The number of piperazine rings is 1. The number of carbonyl (C=O) groups excluding carboxylic acids is 1. The molecular formula is C46H57N5O4S2. The highest BCUT2D eigenvalue weighted by Crippen LogP contribution is 2.30. The van der Waals surface area contributed by atoms with Crippen LogP contribution in [0.25, 0.3) is 5.57 Å². The van der Waals surface area contributed by atoms with Gasteiger partial charge in [-0.2, -0.15) is 0 Å². The van der Waals surface area contributed by atoms with Gasteiger partial charge in [0.05, 0.1) is 18.1 Å². The second kappa shape index (κ2) is 19.5. The summed E-state index contributed by atoms with van der Waals surface area (Å²) in [4.78, 5) is 21.9. The van der Waals surface area contributed by atoms with Gasteiger partial charge in [0.25, 0.3) is 15.9 Å². The summed E-state index contributed by atoms with van der Waals surface area (Å²) in [5, 5.41) is 3.71. The molecule has 0 spiro atoms. The lowest BCUT2D eigenvalue weighted by Crippen LogP contribution is -2.47. The van der Waals surface area contributed by atoms with Crippen molar-refractivity contribution in [3.05, 3.63) is 130 Å². The molecule has 0 unspecified atom stereocenters. The Labute approximate surface area is 344 Å². The van der Waals surface area contributed by atoms with Gasteiger partial charge in [0.1, 0.15) is 0 Å². The van der Waals surface area contributed by atoms with E-state index in [1.807, 2.05) is 36.9 Å². The van der Waals surface area contributed by atoms with Gasteiger partial charge in [0.2, 0.25) is 0 Å². The molecule has 3 aromatic carbocycles. The number of morpholine rings is 1. The van der Waals surface area contributed by atoms with E-state index in [0.717, 1.165) is 120 Å². The van der Waals surface area contributed by atoms with Crippen LogP contribution >= 0.6 is 11.8 Å². The lowest BCUT2D eigenvalue weighted by atomic mass is 9.91. The molecule has 1 amide bonds. The summed E-state index contributed by atoms with van der Waals surface area (Å²) in [5.41, 5.74) is 8.37. The quantitative estimate of drug-likeness (QED) is 0.160. The zero-order chi connectivity index (χ0) is 39.6. The van der Waals surface area contributed by atoms with Crippen molar-refractivity contribution < 1.29 is 17.9 Å². The summed E-state index contributed by atoms with van der Waals surface area (Å²) in [6.45, 7) is 13.0. The Kier molecular flexibility index (Phi) is 14.1. The Bertz CT molecular complexity index is 2080. The summed E-state index contributed by atoms with van der Waals surface area (Å²) in [6, 6.07) is 21.3. The van der Waals surface area contributed by atoms with Gasteiger partial charge < -0.3 is 15.0 Å². The van der Waals surface area contributed by atoms with Crippen LogP contribution in [0, 0.1) is 13.8 Å². The number of allylic oxidation sites excluding steroid dienone is 5. The fourth-order valence-corrected chi connectivity index (χ4v) is 9.95. The van der Waals surface area contributed by atoms with E-state index in [1.165, 1.54) is 27.2 Å². The molecule has 7 rings (SSSR count). The average molecular weight is 808 g/mol. The molecule has 2 aliphatic carbocycles. The Morgan fingerprint density at radius 2 is 1.56 bits per heavy atom. The predicted molar refractivity (Wildman–Crippen MR) is 236 cm³/mol. The van der Waals surface area contributed by atoms with E-state index < -0.39 is 15.9 Å². The Hall–Kier alpha value is -4.13. The van der Waals surface area contributed by atoms with E-state index in [1.54, 1.807) is 24.3 Å². The Morgan fingerprint density at radius 3 is 2.28 bits per heavy atom. The highest BCUT2D eigenvalue weighted by atomic mass is 32.2. The van der Waals surface area contributed by atoms with Crippen molar-refractivity contribution in [1.29, 1.82) is 0 Å². The first-order valence-electron chi connectivity index (χ1n) is 20.5. The molecule has 0 aromatic heterocycles. The van der Waals surface area contributed by atoms with Crippen molar-refractivity contribution in [3.63, 3.8) is 0 Å². The number of nitrogens with zero attached hydrogens (tertiary/aromatic N) is 3. The number of sulfonamides is 1. The molecule has 9 nitrogen and oxygen atoms in total. The molecule has 302 valence electrons. The third kappa shape index (κ3) is 11.3. The molecule has 11 heteroatoms. The number of nitrogens with one attached hydrogen (secondary N) is 2. The molecule has 4 aliphatic rings. The number of rotatable bonds is 15. The van der Waals surface area contributed by atoms with Crippen molar-refractivity contribution in [1.82, 2.24) is 14.5 Å². The summed E-state index contributed by atoms with van der Waals surface area (Å²) in [5.74, 6) is 0.257. The first kappa shape index (κ1) is 41.0. The van der Waals surface area contributed by atoms with E-state index >= 15 is 0 Å². The SMILES string of the molecule is Cc1ccc(C2=CCCC=C2CN2CCN(c3ccc(C(=O)NS(=O)(=O)c4ccc(N[C@H](CCN5CCOCC5)CSC5=CCCC=C5)c(C)c4)cc3)CC2)cc1. The molecule has 1 atom stereocenters. The minimum absolute atomic E-state index is 0.0654. The molecule has 2 heterocycles. The van der Waals surface area contributed by atoms with Gasteiger partial charge in [0.15, 0.2) is 0 Å². The highest BCUT2D eigenvalue weighted by Gasteiger charge is 2.23. The minimum Gasteiger partial charge on any atom is -0.381 e. The summed E-state index contributed by atoms with van der Waals surface area (Å²) < 4.78 is 34.7. The van der Waals surface area contributed by atoms with Crippen LogP contribution in [0.5, 0.6) is 0 Å². The minimum atomic E-state index is -4.09. The van der Waals surface area contributed by atoms with Crippen LogP contribution in [0.3, 0.4) is 0 Å². The van der Waals surface area contributed by atoms with Crippen LogP contribution in [-0.4, -0.2) is 101 Å². The third-order valence-corrected chi connectivity index (χ3v) is 13.8. The fourth-order valence-electron chi connectivity index (χ4n) is 7.82. The lowest BCUT2D eigenvalue weighted by molar-refractivity contribution is 0.0370. The van der Waals surface area contributed by atoms with E-state index in [-0.39, 0.29) is 10.9 Å². The zero-order valence-corrected chi connectivity index (χ0v) is 35.1. The summed E-state index contributed by atoms with van der Waals surface area (Å²) in [6.07, 6.45) is 16.8. The van der Waals surface area contributed by atoms with E-state index in [0.29, 0.717) is 5.56 Å². The van der Waals surface area contributed by atoms with Crippen LogP contribution in [0.15, 0.2) is 112 Å². The molecule has 3 aromatic rings. The molecular weight excluding hydrogens is 751 g/mol. The first-order valence-corrected chi connectivity index (χ1v) is 22.9. The molecule has 0 bridgehead atoms. The van der Waals surface area contributed by atoms with Gasteiger partial charge in [-0.05, 0) is 111 Å². The van der Waals surface area contributed by atoms with Crippen molar-refractivity contribution in [2.45, 2.75) is 56.9 Å². The number of benzene rings is 3. The fraction of sp³-hybridized carbons (Fsp3) is 0.413. The second-order valence-corrected chi connectivity index (χ2v) is 18.3. The van der Waals surface area contributed by atoms with Crippen LogP contribution in [0.2, 0.25) is 0 Å². The summed E-state index contributed by atoms with van der Waals surface area (Å²) >= 11 is 1.86. The molecule has 57 heavy (non-hydrogen) atoms. The van der Waals surface area contributed by atoms with Crippen molar-refractivity contribution >= 4 is 44.6 Å². The smallest absolute Gasteiger partial charge is 0.264 e. The van der Waals surface area contributed by atoms with Gasteiger partial charge >= 0.3 is 0 Å². The van der Waals surface area contributed by atoms with Crippen molar-refractivity contribution in [2.24, 2.45) is 0 Å². The highest BCUT2D eigenvalue weighted by molar-refractivity contribution is 8.03. The first-order chi connectivity index (χ1) is 27.7. The monoisotopic (exact) mass is 807 g/mol. The van der Waals surface area contributed by atoms with Crippen molar-refractivity contribution in [2.75, 3.05) is 81.5 Å². The molecule has 2 aliphatic heterocycles. The third-order valence-electron chi connectivity index (χ3n) is 11.3. The van der Waals surface area contributed by atoms with Crippen LogP contribution in [0.1, 0.15) is 59.2 Å². The number of hydrogen-bond acceptors (Lipinski definition) is 9. The second-order valence-electron chi connectivity index (χ2n) is 15.5. The van der Waals surface area contributed by atoms with E-state index in [2.05, 4.69) is 86.3 Å². The van der Waals surface area contributed by atoms with Crippen molar-refractivity contribution in [3.8, 4) is 0 Å². The van der Waals surface area contributed by atoms with Gasteiger partial charge in [0, 0.05) is 86.0 Å². The topological polar surface area (TPSA) is 94.2 Å². The Balaban J connectivity index is 0.915. The molecule has 0 radical (unpaired) electrons. The lowest BCUT2D eigenvalue weighted by Gasteiger charge is -2.37. The summed E-state index contributed by atoms with van der Waals surface area (Å²) in [7, 11) is -4.09. The number of amides is 1. The average Bonchev–Trinajstić information content (AvgIpc) is 3.24. The number of thioether (sulfide) groups is 1. The number of hydrogen-bond donors (Lipinski definition) is 2. The maximum atomic E-state index is 13.5. The molecule has 2 saturated heterocycles. The zero-order valence-electron chi connectivity index (χ0n) is 33.4. The number of carbonyl (C=O) groups is 1. The normalized spacial score (nSPS) is 18.7. The van der Waals surface area contributed by atoms with E-state index in [9.17, 15) is 13.2 Å². The molecule has 2 N–H and O–H groups in total. The number of ether oxygens (including phenoxy) is 1. The van der Waals surface area contributed by atoms with Gasteiger partial charge in [-0.1, -0.05) is 60.2 Å². The Morgan fingerprint density at radius 1 is 0.825 bits per heavy atom. The van der Waals surface area contributed by atoms with Gasteiger partial charge in [-0.25, -0.2) is 13.1 Å². The van der Waals surface area contributed by atoms with Gasteiger partial charge in [-0.3, -0.25) is 14.6 Å². The van der Waals surface area contributed by atoms with E-state index in [4.69, 9.17) is 4.74 Å². The van der Waals surface area contributed by atoms with Crippen LogP contribution in [0.4, 0.5) is 11.4 Å². The largest absolute Gasteiger partial charge is 0.381 e.